The number of thioether (sulfide) groups is 1. The predicted octanol–water partition coefficient (Wildman–Crippen LogP) is 4.00. The van der Waals surface area contributed by atoms with Crippen LogP contribution in [0.3, 0.4) is 0 Å². The maximum Gasteiger partial charge on any atom is 0.417 e. The Hall–Kier alpha value is -2.97. The molecule has 0 saturated carbocycles. The molecule has 1 aliphatic rings. The summed E-state index contributed by atoms with van der Waals surface area (Å²) < 4.78 is 56.9. The number of nitriles is 1. The van der Waals surface area contributed by atoms with Gasteiger partial charge in [-0.1, -0.05) is 0 Å². The molecule has 11 heteroatoms. The zero-order chi connectivity index (χ0) is 24.0. The van der Waals surface area contributed by atoms with Crippen molar-refractivity contribution in [2.45, 2.75) is 17.6 Å². The Morgan fingerprint density at radius 3 is 2.52 bits per heavy atom. The number of ether oxygens (including phenoxy) is 3. The van der Waals surface area contributed by atoms with Gasteiger partial charge in [-0.15, -0.1) is 11.8 Å². The highest BCUT2D eigenvalue weighted by Crippen LogP contribution is 2.39. The molecule has 0 atom stereocenters. The van der Waals surface area contributed by atoms with Gasteiger partial charge in [-0.05, 0) is 24.3 Å². The third-order valence-electron chi connectivity index (χ3n) is 5.00. The summed E-state index contributed by atoms with van der Waals surface area (Å²) in [7, 11) is 2.87. The molecule has 1 saturated heterocycles. The Bertz CT molecular complexity index is 1050. The minimum absolute atomic E-state index is 0.0317. The van der Waals surface area contributed by atoms with Gasteiger partial charge in [-0.3, -0.25) is 4.79 Å². The Morgan fingerprint density at radius 1 is 1.21 bits per heavy atom. The molecule has 3 rings (SSSR count). The van der Waals surface area contributed by atoms with E-state index in [1.807, 2.05) is 0 Å². The summed E-state index contributed by atoms with van der Waals surface area (Å²) in [4.78, 5) is 18.3. The third kappa shape index (κ3) is 5.89. The highest BCUT2D eigenvalue weighted by Gasteiger charge is 2.36. The van der Waals surface area contributed by atoms with Crippen LogP contribution < -0.4 is 9.47 Å². The number of hydrogen-bond acceptors (Lipinski definition) is 7. The molecule has 33 heavy (non-hydrogen) atoms. The molecule has 0 aliphatic carbocycles. The Balaban J connectivity index is 1.92. The van der Waals surface area contributed by atoms with Crippen molar-refractivity contribution >= 4 is 17.7 Å². The van der Waals surface area contributed by atoms with Gasteiger partial charge >= 0.3 is 6.18 Å². The molecule has 0 N–H and O–H groups in total. The molecule has 1 fully saturated rings. The van der Waals surface area contributed by atoms with E-state index in [-0.39, 0.29) is 28.8 Å². The van der Waals surface area contributed by atoms with Gasteiger partial charge in [0.1, 0.15) is 11.1 Å². The number of rotatable bonds is 7. The van der Waals surface area contributed by atoms with Crippen molar-refractivity contribution in [2.24, 2.45) is 0 Å². The van der Waals surface area contributed by atoms with Crippen molar-refractivity contribution in [1.82, 2.24) is 9.88 Å². The molecular formula is C22H22F3N3O4S. The summed E-state index contributed by atoms with van der Waals surface area (Å²) in [6.07, 6.45) is -4.64. The number of carbonyl (C=O) groups is 1. The van der Waals surface area contributed by atoms with Crippen molar-refractivity contribution in [3.8, 4) is 28.8 Å². The molecular weight excluding hydrogens is 459 g/mol. The topological polar surface area (TPSA) is 84.7 Å². The number of alkyl halides is 3. The monoisotopic (exact) mass is 481 g/mol. The van der Waals surface area contributed by atoms with Crippen LogP contribution in [0, 0.1) is 11.3 Å². The van der Waals surface area contributed by atoms with Crippen molar-refractivity contribution in [3.05, 3.63) is 35.4 Å². The van der Waals surface area contributed by atoms with Gasteiger partial charge in [0.2, 0.25) is 5.91 Å². The highest BCUT2D eigenvalue weighted by molar-refractivity contribution is 7.99. The van der Waals surface area contributed by atoms with Crippen LogP contribution in [0.1, 0.15) is 17.5 Å². The maximum absolute atomic E-state index is 13.8. The van der Waals surface area contributed by atoms with Crippen LogP contribution in [0.5, 0.6) is 11.5 Å². The molecule has 1 aromatic heterocycles. The normalized spacial score (nSPS) is 14.0. The summed E-state index contributed by atoms with van der Waals surface area (Å²) in [5.74, 6) is 0.823. The Morgan fingerprint density at radius 2 is 1.91 bits per heavy atom. The summed E-state index contributed by atoms with van der Waals surface area (Å²) in [6, 6.07) is 7.13. The number of methoxy groups -OCH3 is 2. The first-order valence-corrected chi connectivity index (χ1v) is 11.0. The highest BCUT2D eigenvalue weighted by atomic mass is 32.2. The van der Waals surface area contributed by atoms with Crippen LogP contribution in [-0.2, 0) is 15.7 Å². The van der Waals surface area contributed by atoms with E-state index in [0.717, 1.165) is 17.8 Å². The fourth-order valence-electron chi connectivity index (χ4n) is 3.31. The molecule has 0 unspecified atom stereocenters. The van der Waals surface area contributed by atoms with Gasteiger partial charge in [0.25, 0.3) is 0 Å². The molecule has 176 valence electrons. The molecule has 1 aliphatic heterocycles. The van der Waals surface area contributed by atoms with E-state index in [0.29, 0.717) is 43.4 Å². The van der Waals surface area contributed by atoms with Crippen molar-refractivity contribution in [1.29, 1.82) is 5.26 Å². The van der Waals surface area contributed by atoms with E-state index < -0.39 is 17.3 Å². The lowest BCUT2D eigenvalue weighted by Gasteiger charge is -2.26. The smallest absolute Gasteiger partial charge is 0.417 e. The molecule has 2 aromatic rings. The van der Waals surface area contributed by atoms with Gasteiger partial charge < -0.3 is 19.1 Å². The second kappa shape index (κ2) is 10.8. The zero-order valence-corrected chi connectivity index (χ0v) is 18.9. The summed E-state index contributed by atoms with van der Waals surface area (Å²) in [5.41, 5.74) is -1.24. The van der Waals surface area contributed by atoms with E-state index in [1.165, 1.54) is 20.3 Å². The van der Waals surface area contributed by atoms with Gasteiger partial charge in [0.15, 0.2) is 11.5 Å². The first-order valence-electron chi connectivity index (χ1n) is 10.0. The van der Waals surface area contributed by atoms with E-state index in [9.17, 15) is 23.2 Å². The van der Waals surface area contributed by atoms with Crippen LogP contribution in [0.2, 0.25) is 0 Å². The molecule has 7 nitrogen and oxygen atoms in total. The second-order valence-electron chi connectivity index (χ2n) is 7.01. The number of nitrogens with zero attached hydrogens (tertiary/aromatic N) is 3. The molecule has 1 aromatic carbocycles. The van der Waals surface area contributed by atoms with E-state index in [2.05, 4.69) is 4.98 Å². The lowest BCUT2D eigenvalue weighted by Crippen LogP contribution is -2.40. The van der Waals surface area contributed by atoms with Crippen molar-refractivity contribution in [3.63, 3.8) is 0 Å². The number of halogens is 3. The first-order chi connectivity index (χ1) is 15.8. The number of benzene rings is 1. The fourth-order valence-corrected chi connectivity index (χ4v) is 4.24. The fraction of sp³-hybridized carbons (Fsp3) is 0.409. The molecule has 1 amide bonds. The minimum Gasteiger partial charge on any atom is -0.493 e. The lowest BCUT2D eigenvalue weighted by molar-refractivity contribution is -0.138. The van der Waals surface area contributed by atoms with Gasteiger partial charge in [0.05, 0.1) is 44.3 Å². The summed E-state index contributed by atoms with van der Waals surface area (Å²) >= 11 is 0.952. The molecule has 0 radical (unpaired) electrons. The number of pyridine rings is 1. The van der Waals surface area contributed by atoms with E-state index in [4.69, 9.17) is 14.2 Å². The van der Waals surface area contributed by atoms with Crippen LogP contribution in [0.15, 0.2) is 29.3 Å². The quantitative estimate of drug-likeness (QED) is 0.553. The average molecular weight is 481 g/mol. The number of carbonyl (C=O) groups excluding carboxylic acids is 1. The second-order valence-corrected chi connectivity index (χ2v) is 8.09. The van der Waals surface area contributed by atoms with Crippen LogP contribution in [-0.4, -0.2) is 62.1 Å². The van der Waals surface area contributed by atoms with Crippen LogP contribution in [0.25, 0.3) is 11.3 Å². The Kier molecular flexibility index (Phi) is 8.05. The first kappa shape index (κ1) is 24.7. The summed E-state index contributed by atoms with van der Waals surface area (Å²) in [6.45, 7) is 1.89. The number of morpholine rings is 1. The van der Waals surface area contributed by atoms with Crippen LogP contribution in [0.4, 0.5) is 13.2 Å². The molecule has 0 spiro atoms. The standard InChI is InChI=1S/C22H22F3N3O4S/c1-30-18-4-3-14(11-19(18)31-2)17-12-16(22(23,24)25)15(13-26)21(27-17)33-10-5-20(29)28-6-8-32-9-7-28/h3-4,11-12H,5-10H2,1-2H3. The average Bonchev–Trinajstić information content (AvgIpc) is 2.82. The SMILES string of the molecule is COc1ccc(-c2cc(C(F)(F)F)c(C#N)c(SCCC(=O)N3CCOCC3)n2)cc1OC. The van der Waals surface area contributed by atoms with Gasteiger partial charge in [-0.2, -0.15) is 18.4 Å². The lowest BCUT2D eigenvalue weighted by atomic mass is 10.0. The maximum atomic E-state index is 13.8. The minimum atomic E-state index is -4.75. The predicted molar refractivity (Wildman–Crippen MR) is 115 cm³/mol. The van der Waals surface area contributed by atoms with Crippen molar-refractivity contribution in [2.75, 3.05) is 46.3 Å². The zero-order valence-electron chi connectivity index (χ0n) is 18.1. The van der Waals surface area contributed by atoms with Crippen molar-refractivity contribution < 1.29 is 32.2 Å². The number of amides is 1. The van der Waals surface area contributed by atoms with Gasteiger partial charge in [0, 0.05) is 30.8 Å². The Labute approximate surface area is 193 Å². The van der Waals surface area contributed by atoms with Gasteiger partial charge in [-0.25, -0.2) is 4.98 Å². The number of hydrogen-bond donors (Lipinski definition) is 0. The van der Waals surface area contributed by atoms with Crippen LogP contribution >= 0.6 is 11.8 Å². The van der Waals surface area contributed by atoms with E-state index >= 15 is 0 Å². The number of aromatic nitrogens is 1. The molecule has 2 heterocycles. The largest absolute Gasteiger partial charge is 0.493 e. The molecule has 0 bridgehead atoms. The van der Waals surface area contributed by atoms with E-state index in [1.54, 1.807) is 23.1 Å². The summed E-state index contributed by atoms with van der Waals surface area (Å²) in [5, 5.41) is 9.38. The third-order valence-corrected chi connectivity index (χ3v) is 5.98.